The number of carbonyl (C=O) groups excluding carboxylic acids is 2. The molecule has 1 aliphatic carbocycles. The molecule has 140 valence electrons. The highest BCUT2D eigenvalue weighted by Crippen LogP contribution is 2.41. The minimum absolute atomic E-state index is 0.107. The monoisotopic (exact) mass is 378 g/mol. The maximum Gasteiger partial charge on any atom is 0.357 e. The highest BCUT2D eigenvalue weighted by Gasteiger charge is 2.35. The Morgan fingerprint density at radius 3 is 2.85 bits per heavy atom. The van der Waals surface area contributed by atoms with Crippen LogP contribution in [0, 0.1) is 5.41 Å². The van der Waals surface area contributed by atoms with Crippen LogP contribution in [0.2, 0.25) is 0 Å². The van der Waals surface area contributed by atoms with Crippen LogP contribution in [0.15, 0.2) is 11.7 Å². The van der Waals surface area contributed by atoms with Crippen molar-refractivity contribution in [1.29, 1.82) is 0 Å². The number of anilines is 1. The van der Waals surface area contributed by atoms with Gasteiger partial charge in [-0.15, -0.1) is 16.4 Å². The molecule has 9 nitrogen and oxygen atoms in total. The fraction of sp³-hybridized carbons (Fsp3) is 0.625. The number of nitrogens with one attached hydrogen (secondary N) is 1. The van der Waals surface area contributed by atoms with Crippen molar-refractivity contribution in [1.82, 2.24) is 25.2 Å². The molecule has 0 bridgehead atoms. The summed E-state index contributed by atoms with van der Waals surface area (Å²) in [5, 5.41) is 16.1. The number of carbonyl (C=O) groups is 2. The SMILES string of the molecule is CCOC(=O)c1csc(NC(=O)CC2(Cn3cnnn3)CCCCC2)n1. The summed E-state index contributed by atoms with van der Waals surface area (Å²) in [5.74, 6) is -0.587. The van der Waals surface area contributed by atoms with Gasteiger partial charge < -0.3 is 10.1 Å². The number of esters is 1. The first-order valence-corrected chi connectivity index (χ1v) is 9.61. The summed E-state index contributed by atoms with van der Waals surface area (Å²) in [7, 11) is 0. The van der Waals surface area contributed by atoms with Crippen molar-refractivity contribution in [2.75, 3.05) is 11.9 Å². The van der Waals surface area contributed by atoms with Crippen LogP contribution >= 0.6 is 11.3 Å². The lowest BCUT2D eigenvalue weighted by Gasteiger charge is -2.36. The molecule has 0 unspecified atom stereocenters. The maximum atomic E-state index is 12.6. The molecule has 0 spiro atoms. The molecule has 1 aliphatic rings. The zero-order valence-electron chi connectivity index (χ0n) is 14.7. The van der Waals surface area contributed by atoms with Gasteiger partial charge in [0, 0.05) is 11.8 Å². The number of hydrogen-bond acceptors (Lipinski definition) is 8. The molecule has 1 N–H and O–H groups in total. The Morgan fingerprint density at radius 2 is 2.15 bits per heavy atom. The minimum atomic E-state index is -0.480. The van der Waals surface area contributed by atoms with Gasteiger partial charge in [0.1, 0.15) is 6.33 Å². The van der Waals surface area contributed by atoms with Crippen LogP contribution in [-0.4, -0.2) is 43.7 Å². The van der Waals surface area contributed by atoms with Gasteiger partial charge in [0.25, 0.3) is 0 Å². The second kappa shape index (κ2) is 8.35. The van der Waals surface area contributed by atoms with E-state index in [-0.39, 0.29) is 23.6 Å². The van der Waals surface area contributed by atoms with Crippen LogP contribution in [0.4, 0.5) is 5.13 Å². The van der Waals surface area contributed by atoms with Crippen molar-refractivity contribution in [3.05, 3.63) is 17.4 Å². The normalized spacial score (nSPS) is 16.2. The van der Waals surface area contributed by atoms with Crippen LogP contribution in [-0.2, 0) is 16.1 Å². The predicted octanol–water partition coefficient (Wildman–Crippen LogP) is 2.29. The van der Waals surface area contributed by atoms with E-state index in [9.17, 15) is 9.59 Å². The Morgan fingerprint density at radius 1 is 1.35 bits per heavy atom. The summed E-state index contributed by atoms with van der Waals surface area (Å²) in [5.41, 5.74) is 0.0621. The van der Waals surface area contributed by atoms with Crippen LogP contribution in [0.3, 0.4) is 0 Å². The number of aromatic nitrogens is 5. The lowest BCUT2D eigenvalue weighted by molar-refractivity contribution is -0.119. The summed E-state index contributed by atoms with van der Waals surface area (Å²) >= 11 is 1.22. The quantitative estimate of drug-likeness (QED) is 0.736. The van der Waals surface area contributed by atoms with E-state index in [1.165, 1.54) is 17.8 Å². The number of tetrazole rings is 1. The van der Waals surface area contributed by atoms with Gasteiger partial charge in [0.15, 0.2) is 10.8 Å². The van der Waals surface area contributed by atoms with Gasteiger partial charge in [-0.3, -0.25) is 4.79 Å². The first kappa shape index (κ1) is 18.4. The number of amides is 1. The zero-order chi connectivity index (χ0) is 18.4. The molecule has 0 aliphatic heterocycles. The highest BCUT2D eigenvalue weighted by molar-refractivity contribution is 7.14. The van der Waals surface area contributed by atoms with E-state index in [2.05, 4.69) is 25.8 Å². The maximum absolute atomic E-state index is 12.6. The van der Waals surface area contributed by atoms with E-state index in [4.69, 9.17) is 4.74 Å². The fourth-order valence-corrected chi connectivity index (χ4v) is 4.12. The van der Waals surface area contributed by atoms with Crippen molar-refractivity contribution >= 4 is 28.3 Å². The molecular formula is C16H22N6O3S. The summed E-state index contributed by atoms with van der Waals surface area (Å²) < 4.78 is 6.61. The van der Waals surface area contributed by atoms with Crippen LogP contribution in [0.25, 0.3) is 0 Å². The largest absolute Gasteiger partial charge is 0.461 e. The molecule has 0 radical (unpaired) electrons. The molecule has 1 amide bonds. The molecule has 2 heterocycles. The van der Waals surface area contributed by atoms with Gasteiger partial charge in [-0.1, -0.05) is 19.3 Å². The van der Waals surface area contributed by atoms with Crippen LogP contribution in [0.5, 0.6) is 0 Å². The third-order valence-electron chi connectivity index (χ3n) is 4.57. The molecule has 2 aromatic heterocycles. The average molecular weight is 378 g/mol. The van der Waals surface area contributed by atoms with Crippen molar-refractivity contribution in [3.63, 3.8) is 0 Å². The van der Waals surface area contributed by atoms with Gasteiger partial charge in [0.05, 0.1) is 13.2 Å². The van der Waals surface area contributed by atoms with Crippen molar-refractivity contribution in [2.24, 2.45) is 5.41 Å². The van der Waals surface area contributed by atoms with Gasteiger partial charge >= 0.3 is 5.97 Å². The van der Waals surface area contributed by atoms with Crippen LogP contribution < -0.4 is 5.32 Å². The summed E-state index contributed by atoms with van der Waals surface area (Å²) in [6.45, 7) is 2.65. The molecule has 0 saturated heterocycles. The third kappa shape index (κ3) is 4.63. The number of nitrogens with zero attached hydrogens (tertiary/aromatic N) is 5. The van der Waals surface area contributed by atoms with E-state index < -0.39 is 5.97 Å². The molecule has 0 aromatic carbocycles. The Balaban J connectivity index is 1.63. The van der Waals surface area contributed by atoms with E-state index in [1.807, 2.05) is 0 Å². The smallest absolute Gasteiger partial charge is 0.357 e. The molecule has 26 heavy (non-hydrogen) atoms. The molecule has 2 aromatic rings. The van der Waals surface area contributed by atoms with Gasteiger partial charge in [-0.05, 0) is 35.6 Å². The van der Waals surface area contributed by atoms with Gasteiger partial charge in [-0.2, -0.15) is 0 Å². The zero-order valence-corrected chi connectivity index (χ0v) is 15.5. The Kier molecular flexibility index (Phi) is 5.92. The number of rotatable bonds is 7. The average Bonchev–Trinajstić information content (AvgIpc) is 3.27. The molecule has 1 fully saturated rings. The van der Waals surface area contributed by atoms with Crippen molar-refractivity contribution in [3.8, 4) is 0 Å². The first-order valence-electron chi connectivity index (χ1n) is 8.73. The van der Waals surface area contributed by atoms with E-state index >= 15 is 0 Å². The minimum Gasteiger partial charge on any atom is -0.461 e. The van der Waals surface area contributed by atoms with Crippen LogP contribution in [0.1, 0.15) is 55.9 Å². The molecule has 0 atom stereocenters. The second-order valence-corrected chi connectivity index (χ2v) is 7.41. The Hall–Kier alpha value is -2.36. The first-order chi connectivity index (χ1) is 12.6. The van der Waals surface area contributed by atoms with Crippen molar-refractivity contribution < 1.29 is 14.3 Å². The number of thiazole rings is 1. The van der Waals surface area contributed by atoms with Gasteiger partial charge in [0.2, 0.25) is 5.91 Å². The van der Waals surface area contributed by atoms with E-state index in [0.717, 1.165) is 25.7 Å². The van der Waals surface area contributed by atoms with E-state index in [1.54, 1.807) is 23.3 Å². The standard InChI is InChI=1S/C16H22N6O3S/c1-2-25-14(24)12-9-26-15(18-12)19-13(23)8-16(6-4-3-5-7-16)10-22-11-17-20-21-22/h9,11H,2-8,10H2,1H3,(H,18,19,23). The summed E-state index contributed by atoms with van der Waals surface area (Å²) in [4.78, 5) is 28.4. The predicted molar refractivity (Wildman–Crippen MR) is 94.7 cm³/mol. The topological polar surface area (TPSA) is 112 Å². The Bertz CT molecular complexity index is 739. The molecule has 3 rings (SSSR count). The molecule has 1 saturated carbocycles. The highest BCUT2D eigenvalue weighted by atomic mass is 32.1. The molecular weight excluding hydrogens is 356 g/mol. The number of hydrogen-bond donors (Lipinski definition) is 1. The third-order valence-corrected chi connectivity index (χ3v) is 5.33. The fourth-order valence-electron chi connectivity index (χ4n) is 3.42. The van der Waals surface area contributed by atoms with Crippen molar-refractivity contribution in [2.45, 2.75) is 52.0 Å². The summed E-state index contributed by atoms with van der Waals surface area (Å²) in [6.07, 6.45) is 7.27. The Labute approximate surface area is 155 Å². The second-order valence-electron chi connectivity index (χ2n) is 6.55. The summed E-state index contributed by atoms with van der Waals surface area (Å²) in [6, 6.07) is 0. The lowest BCUT2D eigenvalue weighted by atomic mass is 9.71. The van der Waals surface area contributed by atoms with E-state index in [0.29, 0.717) is 18.1 Å². The molecule has 10 heteroatoms. The number of ether oxygens (including phenoxy) is 1. The lowest BCUT2D eigenvalue weighted by Crippen LogP contribution is -2.34. The van der Waals surface area contributed by atoms with Gasteiger partial charge in [-0.25, -0.2) is 14.5 Å².